The van der Waals surface area contributed by atoms with Crippen LogP contribution in [0.1, 0.15) is 106 Å². The van der Waals surface area contributed by atoms with E-state index in [0.29, 0.717) is 24.6 Å². The maximum atomic E-state index is 12.8. The fourth-order valence-corrected chi connectivity index (χ4v) is 5.89. The van der Waals surface area contributed by atoms with Crippen LogP contribution < -0.4 is 16.0 Å². The van der Waals surface area contributed by atoms with Crippen molar-refractivity contribution in [3.8, 4) is 0 Å². The molecule has 3 heterocycles. The summed E-state index contributed by atoms with van der Waals surface area (Å²) in [6, 6.07) is 7.97. The minimum atomic E-state index is -0.0802. The normalized spacial score (nSPS) is 13.3. The number of nitrogens with zero attached hydrogens (tertiary/aromatic N) is 4. The number of aromatic nitrogens is 3. The highest BCUT2D eigenvalue weighted by atomic mass is 16.5. The van der Waals surface area contributed by atoms with Gasteiger partial charge in [0.25, 0.3) is 5.91 Å². The molecule has 0 saturated carbocycles. The first-order chi connectivity index (χ1) is 22.8. The Labute approximate surface area is 282 Å². The highest BCUT2D eigenvalue weighted by Gasteiger charge is 2.22. The summed E-state index contributed by atoms with van der Waals surface area (Å²) in [6.45, 7) is 13.5. The number of anilines is 1. The standard InChI is InChI=1S/C24H31N5O2.C13H28N2O/c1-4-21-19(14-25-24(30)17-8-6-16(3)7-9-17)22(27-18-10-12-31-13-11-18)20-15-26-29(5-2)23(20)28-21;1-4-11-15(3)12-9-7-5-6-8-10-13(16)14-2/h6-9,15,18H,4-5,10-14H2,1-3H3,(H,25,30)(H,27,28);4-12H2,1-3H3,(H,14,16). The van der Waals surface area contributed by atoms with E-state index in [2.05, 4.69) is 53.8 Å². The quantitative estimate of drug-likeness (QED) is 0.148. The van der Waals surface area contributed by atoms with E-state index in [4.69, 9.17) is 9.72 Å². The number of fused-ring (bicyclic) bond motifs is 1. The summed E-state index contributed by atoms with van der Waals surface area (Å²) in [7, 11) is 3.89. The number of nitrogens with one attached hydrogen (secondary N) is 3. The van der Waals surface area contributed by atoms with Crippen LogP contribution in [0.4, 0.5) is 5.69 Å². The van der Waals surface area contributed by atoms with Gasteiger partial charge >= 0.3 is 0 Å². The summed E-state index contributed by atoms with van der Waals surface area (Å²) in [6.07, 6.45) is 12.6. The van der Waals surface area contributed by atoms with Crippen LogP contribution in [0.5, 0.6) is 0 Å². The summed E-state index contributed by atoms with van der Waals surface area (Å²) in [5, 5.41) is 15.0. The van der Waals surface area contributed by atoms with Crippen molar-refractivity contribution in [2.75, 3.05) is 45.7 Å². The van der Waals surface area contributed by atoms with Gasteiger partial charge in [0.2, 0.25) is 5.91 Å². The van der Waals surface area contributed by atoms with E-state index in [0.717, 1.165) is 79.0 Å². The first-order valence-electron chi connectivity index (χ1n) is 17.8. The molecule has 1 saturated heterocycles. The number of benzene rings is 1. The molecule has 0 unspecified atom stereocenters. The van der Waals surface area contributed by atoms with Crippen LogP contribution in [0.2, 0.25) is 0 Å². The summed E-state index contributed by atoms with van der Waals surface area (Å²) in [5.41, 5.74) is 5.75. The number of carbonyl (C=O) groups excluding carboxylic acids is 2. The zero-order valence-electron chi connectivity index (χ0n) is 29.8. The monoisotopic (exact) mass is 649 g/mol. The molecular weight excluding hydrogens is 590 g/mol. The van der Waals surface area contributed by atoms with Crippen molar-refractivity contribution in [1.82, 2.24) is 30.3 Å². The molecule has 47 heavy (non-hydrogen) atoms. The number of hydrogen-bond donors (Lipinski definition) is 3. The van der Waals surface area contributed by atoms with E-state index in [1.54, 1.807) is 7.05 Å². The van der Waals surface area contributed by atoms with Crippen LogP contribution in [-0.2, 0) is 29.0 Å². The number of unbranched alkanes of at least 4 members (excludes halogenated alkanes) is 4. The number of rotatable bonds is 17. The lowest BCUT2D eigenvalue weighted by Crippen LogP contribution is -2.30. The number of hydrogen-bond acceptors (Lipinski definition) is 7. The maximum Gasteiger partial charge on any atom is 0.251 e. The molecule has 260 valence electrons. The lowest BCUT2D eigenvalue weighted by Gasteiger charge is -2.26. The van der Waals surface area contributed by atoms with Crippen LogP contribution in [0, 0.1) is 6.92 Å². The molecule has 1 aliphatic heterocycles. The fourth-order valence-electron chi connectivity index (χ4n) is 5.89. The first kappa shape index (κ1) is 38.0. The van der Waals surface area contributed by atoms with Gasteiger partial charge in [-0.05, 0) is 84.6 Å². The molecule has 4 rings (SSSR count). The van der Waals surface area contributed by atoms with Gasteiger partial charge in [0.05, 0.1) is 17.3 Å². The van der Waals surface area contributed by atoms with Crippen molar-refractivity contribution >= 4 is 28.5 Å². The molecule has 0 radical (unpaired) electrons. The highest BCUT2D eigenvalue weighted by Crippen LogP contribution is 2.31. The lowest BCUT2D eigenvalue weighted by molar-refractivity contribution is -0.120. The lowest BCUT2D eigenvalue weighted by atomic mass is 10.0. The molecule has 2 aromatic heterocycles. The van der Waals surface area contributed by atoms with Crippen LogP contribution >= 0.6 is 0 Å². The van der Waals surface area contributed by atoms with Crippen molar-refractivity contribution in [1.29, 1.82) is 0 Å². The molecule has 0 aliphatic carbocycles. The second-order valence-electron chi connectivity index (χ2n) is 12.5. The second kappa shape index (κ2) is 20.7. The number of aryl methyl sites for hydroxylation is 3. The van der Waals surface area contributed by atoms with Gasteiger partial charge in [-0.3, -0.25) is 9.59 Å². The zero-order valence-corrected chi connectivity index (χ0v) is 29.8. The third kappa shape index (κ3) is 12.2. The Kier molecular flexibility index (Phi) is 16.7. The topological polar surface area (TPSA) is 113 Å². The average molecular weight is 650 g/mol. The number of carbonyl (C=O) groups is 2. The van der Waals surface area contributed by atoms with E-state index in [-0.39, 0.29) is 11.8 Å². The minimum Gasteiger partial charge on any atom is -0.381 e. The van der Waals surface area contributed by atoms with Gasteiger partial charge < -0.3 is 25.6 Å². The fraction of sp³-hybridized carbons (Fsp3) is 0.622. The third-order valence-corrected chi connectivity index (χ3v) is 8.74. The average Bonchev–Trinajstić information content (AvgIpc) is 3.51. The second-order valence-corrected chi connectivity index (χ2v) is 12.5. The van der Waals surface area contributed by atoms with Gasteiger partial charge in [0.1, 0.15) is 0 Å². The Balaban J connectivity index is 0.000000320. The minimum absolute atomic E-state index is 0.0802. The van der Waals surface area contributed by atoms with Crippen LogP contribution in [0.3, 0.4) is 0 Å². The van der Waals surface area contributed by atoms with E-state index >= 15 is 0 Å². The third-order valence-electron chi connectivity index (χ3n) is 8.74. The highest BCUT2D eigenvalue weighted by molar-refractivity contribution is 5.95. The summed E-state index contributed by atoms with van der Waals surface area (Å²) in [5.74, 6) is 0.0890. The van der Waals surface area contributed by atoms with Crippen molar-refractivity contribution in [2.24, 2.45) is 0 Å². The SMILES string of the molecule is CCCN(C)CCCCCCCC(=O)NC.CCc1nc2c(cnn2CC)c(NC2CCOCC2)c1CNC(=O)c1ccc(C)cc1. The Morgan fingerprint density at radius 2 is 1.70 bits per heavy atom. The Morgan fingerprint density at radius 1 is 1.00 bits per heavy atom. The van der Waals surface area contributed by atoms with Gasteiger partial charge in [-0.2, -0.15) is 5.10 Å². The van der Waals surface area contributed by atoms with Crippen LogP contribution in [0.15, 0.2) is 30.5 Å². The Hall–Kier alpha value is -3.50. The van der Waals surface area contributed by atoms with E-state index in [1.807, 2.05) is 42.1 Å². The molecule has 10 heteroatoms. The maximum absolute atomic E-state index is 12.8. The molecule has 0 bridgehead atoms. The van der Waals surface area contributed by atoms with Crippen LogP contribution in [0.25, 0.3) is 11.0 Å². The molecule has 2 amide bonds. The molecule has 1 fully saturated rings. The van der Waals surface area contributed by atoms with E-state index in [1.165, 1.54) is 45.2 Å². The molecule has 1 aromatic carbocycles. The smallest absolute Gasteiger partial charge is 0.251 e. The van der Waals surface area contributed by atoms with Gasteiger partial charge in [-0.15, -0.1) is 0 Å². The Bertz CT molecular complexity index is 1370. The molecule has 3 aromatic rings. The van der Waals surface area contributed by atoms with Gasteiger partial charge in [-0.1, -0.05) is 50.8 Å². The molecule has 0 atom stereocenters. The Morgan fingerprint density at radius 3 is 2.36 bits per heavy atom. The number of amides is 2. The van der Waals surface area contributed by atoms with Crippen LogP contribution in [-0.4, -0.2) is 77.9 Å². The van der Waals surface area contributed by atoms with Crippen molar-refractivity contribution < 1.29 is 14.3 Å². The first-order valence-corrected chi connectivity index (χ1v) is 17.8. The summed E-state index contributed by atoms with van der Waals surface area (Å²) in [4.78, 5) is 31.0. The van der Waals surface area contributed by atoms with Crippen molar-refractivity contribution in [3.05, 3.63) is 52.8 Å². The zero-order chi connectivity index (χ0) is 34.0. The van der Waals surface area contributed by atoms with Gasteiger partial charge in [0.15, 0.2) is 5.65 Å². The van der Waals surface area contributed by atoms with Crippen molar-refractivity contribution in [3.63, 3.8) is 0 Å². The number of pyridine rings is 1. The predicted octanol–water partition coefficient (Wildman–Crippen LogP) is 6.26. The van der Waals surface area contributed by atoms with Gasteiger partial charge in [-0.25, -0.2) is 9.67 Å². The molecule has 3 N–H and O–H groups in total. The largest absolute Gasteiger partial charge is 0.381 e. The van der Waals surface area contributed by atoms with E-state index in [9.17, 15) is 9.59 Å². The molecule has 1 aliphatic rings. The molecule has 0 spiro atoms. The molecular formula is C37H59N7O3. The summed E-state index contributed by atoms with van der Waals surface area (Å²) >= 11 is 0. The summed E-state index contributed by atoms with van der Waals surface area (Å²) < 4.78 is 7.46. The molecule has 10 nitrogen and oxygen atoms in total. The van der Waals surface area contributed by atoms with Gasteiger partial charge in [0, 0.05) is 62.6 Å². The predicted molar refractivity (Wildman–Crippen MR) is 192 cm³/mol. The number of ether oxygens (including phenoxy) is 1. The van der Waals surface area contributed by atoms with Crippen molar-refractivity contribution in [2.45, 2.75) is 111 Å². The van der Waals surface area contributed by atoms with E-state index < -0.39 is 0 Å².